The molecule has 0 bridgehead atoms. The van der Waals surface area contributed by atoms with Crippen molar-refractivity contribution < 1.29 is 9.53 Å². The number of hydrogen-bond acceptors (Lipinski definition) is 3. The predicted octanol–water partition coefficient (Wildman–Crippen LogP) is 3.78. The van der Waals surface area contributed by atoms with E-state index >= 15 is 0 Å². The summed E-state index contributed by atoms with van der Waals surface area (Å²) in [5.41, 5.74) is 2.97. The van der Waals surface area contributed by atoms with E-state index in [-0.39, 0.29) is 0 Å². The summed E-state index contributed by atoms with van der Waals surface area (Å²) < 4.78 is 5.77. The standard InChI is InChI=1S/C16H13NO2/c1-11-4-3-5-15(12(11)2)19-16-7-6-13(10-18)8-14(16)9-17/h3-8,10H,1-2H3. The molecule has 2 aromatic rings. The quantitative estimate of drug-likeness (QED) is 0.780. The average molecular weight is 251 g/mol. The van der Waals surface area contributed by atoms with Gasteiger partial charge >= 0.3 is 0 Å². The van der Waals surface area contributed by atoms with E-state index in [1.165, 1.54) is 6.07 Å². The first-order chi connectivity index (χ1) is 9.15. The maximum atomic E-state index is 10.7. The molecule has 3 nitrogen and oxygen atoms in total. The van der Waals surface area contributed by atoms with E-state index in [0.717, 1.165) is 16.9 Å². The highest BCUT2D eigenvalue weighted by Crippen LogP contribution is 2.29. The number of hydrogen-bond donors (Lipinski definition) is 0. The van der Waals surface area contributed by atoms with Crippen LogP contribution in [0.15, 0.2) is 36.4 Å². The zero-order valence-corrected chi connectivity index (χ0v) is 10.8. The Morgan fingerprint density at radius 1 is 1.16 bits per heavy atom. The summed E-state index contributed by atoms with van der Waals surface area (Å²) in [4.78, 5) is 10.7. The Balaban J connectivity index is 2.41. The molecule has 94 valence electrons. The van der Waals surface area contributed by atoms with Crippen LogP contribution in [0.1, 0.15) is 27.0 Å². The number of aldehydes is 1. The van der Waals surface area contributed by atoms with Crippen molar-refractivity contribution in [1.29, 1.82) is 5.26 Å². The predicted molar refractivity (Wildman–Crippen MR) is 72.5 cm³/mol. The molecule has 0 aliphatic carbocycles. The van der Waals surface area contributed by atoms with Crippen LogP contribution in [0.3, 0.4) is 0 Å². The molecule has 0 heterocycles. The van der Waals surface area contributed by atoms with E-state index in [9.17, 15) is 4.79 Å². The van der Waals surface area contributed by atoms with Crippen molar-refractivity contribution in [3.63, 3.8) is 0 Å². The van der Waals surface area contributed by atoms with Crippen LogP contribution in [0, 0.1) is 25.2 Å². The molecular weight excluding hydrogens is 238 g/mol. The summed E-state index contributed by atoms with van der Waals surface area (Å²) >= 11 is 0. The second kappa shape index (κ2) is 5.36. The van der Waals surface area contributed by atoms with E-state index in [1.54, 1.807) is 12.1 Å². The van der Waals surface area contributed by atoms with Gasteiger partial charge in [0.2, 0.25) is 0 Å². The highest BCUT2D eigenvalue weighted by atomic mass is 16.5. The number of aryl methyl sites for hydroxylation is 1. The lowest BCUT2D eigenvalue weighted by Gasteiger charge is -2.11. The van der Waals surface area contributed by atoms with Crippen molar-refractivity contribution in [2.45, 2.75) is 13.8 Å². The molecule has 3 heteroatoms. The van der Waals surface area contributed by atoms with Crippen LogP contribution in [0.4, 0.5) is 0 Å². The minimum absolute atomic E-state index is 0.352. The van der Waals surface area contributed by atoms with Gasteiger partial charge in [-0.25, -0.2) is 0 Å². The number of nitrogens with zero attached hydrogens (tertiary/aromatic N) is 1. The number of carbonyl (C=O) groups is 1. The number of nitriles is 1. The summed E-state index contributed by atoms with van der Waals surface area (Å²) in [7, 11) is 0. The van der Waals surface area contributed by atoms with Gasteiger partial charge < -0.3 is 4.74 Å². The molecule has 0 unspecified atom stereocenters. The second-order valence-corrected chi connectivity index (χ2v) is 4.29. The number of benzene rings is 2. The molecule has 0 saturated heterocycles. The molecule has 0 amide bonds. The fourth-order valence-electron chi connectivity index (χ4n) is 1.75. The highest BCUT2D eigenvalue weighted by molar-refractivity contribution is 5.76. The highest BCUT2D eigenvalue weighted by Gasteiger charge is 2.08. The van der Waals surface area contributed by atoms with Gasteiger partial charge in [-0.1, -0.05) is 12.1 Å². The summed E-state index contributed by atoms with van der Waals surface area (Å²) in [5, 5.41) is 9.09. The van der Waals surface area contributed by atoms with Gasteiger partial charge in [0.15, 0.2) is 0 Å². The molecule has 0 spiro atoms. The molecule has 2 rings (SSSR count). The Labute approximate surface area is 112 Å². The van der Waals surface area contributed by atoms with Gasteiger partial charge in [-0.2, -0.15) is 5.26 Å². The molecule has 0 fully saturated rings. The van der Waals surface area contributed by atoms with Gasteiger partial charge in [-0.05, 0) is 49.2 Å². The van der Waals surface area contributed by atoms with Gasteiger partial charge in [-0.3, -0.25) is 4.79 Å². The van der Waals surface area contributed by atoms with E-state index in [1.807, 2.05) is 38.1 Å². The second-order valence-electron chi connectivity index (χ2n) is 4.29. The van der Waals surface area contributed by atoms with Gasteiger partial charge in [0.1, 0.15) is 23.9 Å². The maximum Gasteiger partial charge on any atom is 0.150 e. The molecule has 0 aromatic heterocycles. The van der Waals surface area contributed by atoms with Crippen LogP contribution in [0.25, 0.3) is 0 Å². The minimum Gasteiger partial charge on any atom is -0.456 e. The van der Waals surface area contributed by atoms with Gasteiger partial charge in [0.25, 0.3) is 0 Å². The molecule has 0 saturated carbocycles. The monoisotopic (exact) mass is 251 g/mol. The first-order valence-corrected chi connectivity index (χ1v) is 5.89. The first-order valence-electron chi connectivity index (χ1n) is 5.89. The van der Waals surface area contributed by atoms with E-state index < -0.39 is 0 Å². The fraction of sp³-hybridized carbons (Fsp3) is 0.125. The van der Waals surface area contributed by atoms with Gasteiger partial charge in [0, 0.05) is 5.56 Å². The van der Waals surface area contributed by atoms with Gasteiger partial charge in [0.05, 0.1) is 5.56 Å². The van der Waals surface area contributed by atoms with Crippen LogP contribution < -0.4 is 4.74 Å². The van der Waals surface area contributed by atoms with Crippen molar-refractivity contribution in [1.82, 2.24) is 0 Å². The molecule has 0 aliphatic heterocycles. The lowest BCUT2D eigenvalue weighted by Crippen LogP contribution is -1.93. The molecule has 2 aromatic carbocycles. The smallest absolute Gasteiger partial charge is 0.150 e. The molecule has 0 aliphatic rings. The Morgan fingerprint density at radius 2 is 1.95 bits per heavy atom. The molecule has 0 N–H and O–H groups in total. The van der Waals surface area contributed by atoms with Crippen molar-refractivity contribution >= 4 is 6.29 Å². The molecular formula is C16H13NO2. The Bertz CT molecular complexity index is 669. The summed E-state index contributed by atoms with van der Waals surface area (Å²) in [6.07, 6.45) is 0.711. The zero-order valence-electron chi connectivity index (χ0n) is 10.8. The van der Waals surface area contributed by atoms with Crippen molar-refractivity contribution in [3.05, 3.63) is 58.7 Å². The third-order valence-corrected chi connectivity index (χ3v) is 3.03. The zero-order chi connectivity index (χ0) is 13.8. The largest absolute Gasteiger partial charge is 0.456 e. The summed E-state index contributed by atoms with van der Waals surface area (Å²) in [6.45, 7) is 3.97. The number of carbonyl (C=O) groups excluding carboxylic acids is 1. The maximum absolute atomic E-state index is 10.7. The average Bonchev–Trinajstić information content (AvgIpc) is 2.44. The summed E-state index contributed by atoms with van der Waals surface area (Å²) in [5.74, 6) is 1.18. The Hall–Kier alpha value is -2.60. The van der Waals surface area contributed by atoms with E-state index in [2.05, 4.69) is 0 Å². The van der Waals surface area contributed by atoms with Crippen LogP contribution in [-0.4, -0.2) is 6.29 Å². The van der Waals surface area contributed by atoms with Crippen LogP contribution in [-0.2, 0) is 0 Å². The lowest BCUT2D eigenvalue weighted by molar-refractivity contribution is 0.112. The van der Waals surface area contributed by atoms with Crippen LogP contribution in [0.5, 0.6) is 11.5 Å². The SMILES string of the molecule is Cc1cccc(Oc2ccc(C=O)cc2C#N)c1C. The fourth-order valence-corrected chi connectivity index (χ4v) is 1.75. The number of ether oxygens (including phenoxy) is 1. The summed E-state index contributed by atoms with van der Waals surface area (Å²) in [6, 6.07) is 12.6. The van der Waals surface area contributed by atoms with Crippen molar-refractivity contribution in [2.24, 2.45) is 0 Å². The van der Waals surface area contributed by atoms with Crippen LogP contribution in [0.2, 0.25) is 0 Å². The van der Waals surface area contributed by atoms with Crippen molar-refractivity contribution in [2.75, 3.05) is 0 Å². The van der Waals surface area contributed by atoms with E-state index in [4.69, 9.17) is 10.00 Å². The number of rotatable bonds is 3. The van der Waals surface area contributed by atoms with E-state index in [0.29, 0.717) is 23.2 Å². The third-order valence-electron chi connectivity index (χ3n) is 3.03. The first kappa shape index (κ1) is 12.8. The third kappa shape index (κ3) is 2.63. The van der Waals surface area contributed by atoms with Crippen molar-refractivity contribution in [3.8, 4) is 17.6 Å². The molecule has 19 heavy (non-hydrogen) atoms. The lowest BCUT2D eigenvalue weighted by atomic mass is 10.1. The van der Waals surface area contributed by atoms with Gasteiger partial charge in [-0.15, -0.1) is 0 Å². The Morgan fingerprint density at radius 3 is 2.63 bits per heavy atom. The topological polar surface area (TPSA) is 50.1 Å². The van der Waals surface area contributed by atoms with Crippen LogP contribution >= 0.6 is 0 Å². The molecule has 0 radical (unpaired) electrons. The normalized spacial score (nSPS) is 9.74. The Kier molecular flexibility index (Phi) is 3.63. The minimum atomic E-state index is 0.352. The molecule has 0 atom stereocenters.